The first kappa shape index (κ1) is 19.6. The fourth-order valence-corrected chi connectivity index (χ4v) is 2.89. The minimum Gasteiger partial charge on any atom is -0.465 e. The summed E-state index contributed by atoms with van der Waals surface area (Å²) in [6.07, 6.45) is -2.46. The number of alkyl halides is 3. The number of rotatable bonds is 10. The third-order valence-corrected chi connectivity index (χ3v) is 3.93. The molecule has 6 heteroatoms. The van der Waals surface area contributed by atoms with Crippen LogP contribution < -0.4 is 0 Å². The van der Waals surface area contributed by atoms with Gasteiger partial charge in [0.05, 0.1) is 6.61 Å². The molecule has 0 bridgehead atoms. The van der Waals surface area contributed by atoms with E-state index in [1.807, 2.05) is 20.8 Å². The molecule has 0 heterocycles. The summed E-state index contributed by atoms with van der Waals surface area (Å²) in [5, 5.41) is -0.347. The lowest BCUT2D eigenvalue weighted by Gasteiger charge is -2.17. The first-order valence-corrected chi connectivity index (χ1v) is 8.16. The minimum atomic E-state index is -4.12. The molecule has 1 unspecified atom stereocenters. The van der Waals surface area contributed by atoms with Crippen molar-refractivity contribution in [3.63, 3.8) is 0 Å². The molecular formula is C14H25F3O2S. The molecule has 0 aromatic carbocycles. The largest absolute Gasteiger partial charge is 0.465 e. The monoisotopic (exact) mass is 314 g/mol. The smallest absolute Gasteiger partial charge is 0.389 e. The van der Waals surface area contributed by atoms with E-state index in [0.29, 0.717) is 24.7 Å². The number of unbranched alkanes of at least 4 members (excludes halogenated alkanes) is 1. The average Bonchev–Trinajstić information content (AvgIpc) is 2.31. The van der Waals surface area contributed by atoms with E-state index in [1.165, 1.54) is 11.8 Å². The summed E-state index contributed by atoms with van der Waals surface area (Å²) < 4.78 is 41.3. The van der Waals surface area contributed by atoms with Crippen molar-refractivity contribution < 1.29 is 22.7 Å². The van der Waals surface area contributed by atoms with Crippen LogP contribution >= 0.6 is 11.8 Å². The molecule has 1 atom stereocenters. The van der Waals surface area contributed by atoms with Crippen molar-refractivity contribution in [1.82, 2.24) is 0 Å². The molecule has 120 valence electrons. The number of halogens is 3. The number of esters is 1. The van der Waals surface area contributed by atoms with Crippen LogP contribution in [0.5, 0.6) is 0 Å². The van der Waals surface area contributed by atoms with Crippen molar-refractivity contribution in [2.45, 2.75) is 64.3 Å². The van der Waals surface area contributed by atoms with Crippen LogP contribution in [0.2, 0.25) is 0 Å². The third-order valence-electron chi connectivity index (χ3n) is 2.61. The van der Waals surface area contributed by atoms with E-state index in [-0.39, 0.29) is 17.6 Å². The average molecular weight is 314 g/mol. The molecule has 0 saturated heterocycles. The van der Waals surface area contributed by atoms with Crippen LogP contribution in [0.25, 0.3) is 0 Å². The standard InChI is InChI=1S/C14H25F3O2S/c1-4-5-8-19-13(18)12(10-11(2)3)20-9-6-7-14(15,16)17/h11-12H,4-10H2,1-3H3. The van der Waals surface area contributed by atoms with Crippen molar-refractivity contribution in [2.75, 3.05) is 12.4 Å². The quantitative estimate of drug-likeness (QED) is 0.427. The highest BCUT2D eigenvalue weighted by molar-refractivity contribution is 8.00. The van der Waals surface area contributed by atoms with E-state index < -0.39 is 12.6 Å². The molecule has 0 aliphatic carbocycles. The van der Waals surface area contributed by atoms with Gasteiger partial charge in [0.15, 0.2) is 0 Å². The van der Waals surface area contributed by atoms with Gasteiger partial charge in [-0.3, -0.25) is 4.79 Å². The van der Waals surface area contributed by atoms with Crippen molar-refractivity contribution in [2.24, 2.45) is 5.92 Å². The Morgan fingerprint density at radius 1 is 1.25 bits per heavy atom. The van der Waals surface area contributed by atoms with E-state index in [9.17, 15) is 18.0 Å². The van der Waals surface area contributed by atoms with Crippen molar-refractivity contribution in [3.8, 4) is 0 Å². The fraction of sp³-hybridized carbons (Fsp3) is 0.929. The van der Waals surface area contributed by atoms with Gasteiger partial charge in [0.25, 0.3) is 0 Å². The molecule has 2 nitrogen and oxygen atoms in total. The molecule has 0 N–H and O–H groups in total. The molecule has 0 spiro atoms. The maximum atomic E-state index is 12.1. The Kier molecular flexibility index (Phi) is 10.2. The second-order valence-electron chi connectivity index (χ2n) is 5.23. The van der Waals surface area contributed by atoms with Gasteiger partial charge in [-0.2, -0.15) is 13.2 Å². The molecule has 0 aliphatic rings. The molecule has 0 saturated carbocycles. The lowest BCUT2D eigenvalue weighted by molar-refractivity contribution is -0.143. The summed E-state index contributed by atoms with van der Waals surface area (Å²) in [6.45, 7) is 6.38. The van der Waals surface area contributed by atoms with Gasteiger partial charge in [0, 0.05) is 6.42 Å². The molecular weight excluding hydrogens is 289 g/mol. The van der Waals surface area contributed by atoms with Gasteiger partial charge < -0.3 is 4.74 Å². The van der Waals surface area contributed by atoms with Gasteiger partial charge in [-0.1, -0.05) is 27.2 Å². The number of thioether (sulfide) groups is 1. The Morgan fingerprint density at radius 2 is 1.90 bits per heavy atom. The predicted molar refractivity (Wildman–Crippen MR) is 76.9 cm³/mol. The lowest BCUT2D eigenvalue weighted by Crippen LogP contribution is -2.23. The Hall–Kier alpha value is -0.390. The van der Waals surface area contributed by atoms with Gasteiger partial charge in [0.1, 0.15) is 5.25 Å². The zero-order chi connectivity index (χ0) is 15.6. The number of hydrogen-bond acceptors (Lipinski definition) is 3. The molecule has 0 amide bonds. The molecule has 0 aliphatic heterocycles. The van der Waals surface area contributed by atoms with Crippen LogP contribution in [-0.2, 0) is 9.53 Å². The highest BCUT2D eigenvalue weighted by Crippen LogP contribution is 2.26. The van der Waals surface area contributed by atoms with E-state index in [2.05, 4.69) is 0 Å². The topological polar surface area (TPSA) is 26.3 Å². The Bertz CT molecular complexity index is 268. The van der Waals surface area contributed by atoms with Crippen molar-refractivity contribution in [1.29, 1.82) is 0 Å². The zero-order valence-electron chi connectivity index (χ0n) is 12.5. The first-order chi connectivity index (χ1) is 9.26. The van der Waals surface area contributed by atoms with Gasteiger partial charge in [-0.05, 0) is 30.9 Å². The third kappa shape index (κ3) is 11.4. The Morgan fingerprint density at radius 3 is 2.40 bits per heavy atom. The lowest BCUT2D eigenvalue weighted by atomic mass is 10.1. The number of hydrogen-bond donors (Lipinski definition) is 0. The Labute approximate surface area is 123 Å². The van der Waals surface area contributed by atoms with Crippen LogP contribution in [0.3, 0.4) is 0 Å². The highest BCUT2D eigenvalue weighted by Gasteiger charge is 2.27. The Balaban J connectivity index is 4.10. The molecule has 0 radical (unpaired) electrons. The van der Waals surface area contributed by atoms with Crippen LogP contribution in [0, 0.1) is 5.92 Å². The maximum absolute atomic E-state index is 12.1. The number of carbonyl (C=O) groups is 1. The van der Waals surface area contributed by atoms with Crippen molar-refractivity contribution >= 4 is 17.7 Å². The van der Waals surface area contributed by atoms with E-state index in [4.69, 9.17) is 4.74 Å². The first-order valence-electron chi connectivity index (χ1n) is 7.11. The number of carbonyl (C=O) groups excluding carboxylic acids is 1. The maximum Gasteiger partial charge on any atom is 0.389 e. The summed E-state index contributed by atoms with van der Waals surface area (Å²) in [5.74, 6) is 0.359. The summed E-state index contributed by atoms with van der Waals surface area (Å²) in [5.41, 5.74) is 0. The second-order valence-corrected chi connectivity index (χ2v) is 6.54. The van der Waals surface area contributed by atoms with E-state index in [0.717, 1.165) is 12.8 Å². The van der Waals surface area contributed by atoms with Gasteiger partial charge in [-0.15, -0.1) is 11.8 Å². The van der Waals surface area contributed by atoms with E-state index in [1.54, 1.807) is 0 Å². The SMILES string of the molecule is CCCCOC(=O)C(CC(C)C)SCCCC(F)(F)F. The molecule has 20 heavy (non-hydrogen) atoms. The summed E-state index contributed by atoms with van der Waals surface area (Å²) >= 11 is 1.28. The second kappa shape index (κ2) is 10.4. The predicted octanol–water partition coefficient (Wildman–Crippen LogP) is 4.82. The summed E-state index contributed by atoms with van der Waals surface area (Å²) in [7, 11) is 0. The number of ether oxygens (including phenoxy) is 1. The summed E-state index contributed by atoms with van der Waals surface area (Å²) in [4.78, 5) is 11.9. The van der Waals surface area contributed by atoms with Crippen molar-refractivity contribution in [3.05, 3.63) is 0 Å². The normalized spacial score (nSPS) is 13.6. The van der Waals surface area contributed by atoms with E-state index >= 15 is 0 Å². The zero-order valence-corrected chi connectivity index (χ0v) is 13.3. The van der Waals surface area contributed by atoms with Gasteiger partial charge in [0.2, 0.25) is 0 Å². The fourth-order valence-electron chi connectivity index (χ4n) is 1.57. The van der Waals surface area contributed by atoms with Crippen LogP contribution in [0.4, 0.5) is 13.2 Å². The van der Waals surface area contributed by atoms with Gasteiger partial charge in [-0.25, -0.2) is 0 Å². The van der Waals surface area contributed by atoms with Crippen LogP contribution in [0.15, 0.2) is 0 Å². The minimum absolute atomic E-state index is 0.0466. The van der Waals surface area contributed by atoms with Gasteiger partial charge >= 0.3 is 12.1 Å². The molecule has 0 aromatic rings. The summed E-state index contributed by atoms with van der Waals surface area (Å²) in [6, 6.07) is 0. The highest BCUT2D eigenvalue weighted by atomic mass is 32.2. The van der Waals surface area contributed by atoms with Crippen LogP contribution in [-0.4, -0.2) is 29.8 Å². The molecule has 0 rings (SSSR count). The van der Waals surface area contributed by atoms with Crippen LogP contribution in [0.1, 0.15) is 52.9 Å². The molecule has 0 aromatic heterocycles. The molecule has 0 fully saturated rings.